The van der Waals surface area contributed by atoms with Crippen molar-refractivity contribution in [2.45, 2.75) is 31.1 Å². The monoisotopic (exact) mass is 389 g/mol. The van der Waals surface area contributed by atoms with Crippen LogP contribution < -0.4 is 18.9 Å². The van der Waals surface area contributed by atoms with E-state index in [4.69, 9.17) is 14.2 Å². The van der Waals surface area contributed by atoms with Gasteiger partial charge >= 0.3 is 0 Å². The van der Waals surface area contributed by atoms with E-state index in [-0.39, 0.29) is 11.4 Å². The van der Waals surface area contributed by atoms with E-state index >= 15 is 0 Å². The number of sulfonamides is 1. The molecule has 144 valence electrons. The largest absolute Gasteiger partial charge is 0.495 e. The van der Waals surface area contributed by atoms with Crippen LogP contribution in [-0.2, 0) is 29.3 Å². The number of nitrogens with one attached hydrogen (secondary N) is 1. The van der Waals surface area contributed by atoms with Gasteiger partial charge in [0.1, 0.15) is 22.1 Å². The molecule has 0 spiro atoms. The van der Waals surface area contributed by atoms with Crippen LogP contribution in [0.5, 0.6) is 17.2 Å². The molecule has 0 fully saturated rings. The Labute approximate surface area is 159 Å². The SMILES string of the molecule is COc1ccc(C)cc1S(=O)(=O)NCCc1c2c(cc3c1OCC3)OCC2. The third kappa shape index (κ3) is 3.37. The number of hydrogen-bond donors (Lipinski definition) is 1. The molecular formula is C20H23NO5S. The van der Waals surface area contributed by atoms with Crippen LogP contribution in [0.2, 0.25) is 0 Å². The molecule has 0 aromatic heterocycles. The second kappa shape index (κ2) is 7.05. The third-order valence-electron chi connectivity index (χ3n) is 5.04. The number of hydrogen-bond acceptors (Lipinski definition) is 5. The summed E-state index contributed by atoms with van der Waals surface area (Å²) in [4.78, 5) is 0.160. The van der Waals surface area contributed by atoms with E-state index < -0.39 is 10.0 Å². The predicted octanol–water partition coefficient (Wildman–Crippen LogP) is 2.39. The summed E-state index contributed by atoms with van der Waals surface area (Å²) in [7, 11) is -2.20. The molecule has 4 rings (SSSR count). The molecule has 1 N–H and O–H groups in total. The van der Waals surface area contributed by atoms with Crippen molar-refractivity contribution in [3.05, 3.63) is 46.5 Å². The normalized spacial score (nSPS) is 15.0. The average Bonchev–Trinajstić information content (AvgIpc) is 3.30. The molecule has 2 aromatic rings. The Kier molecular flexibility index (Phi) is 4.74. The zero-order chi connectivity index (χ0) is 19.0. The number of aryl methyl sites for hydroxylation is 1. The fraction of sp³-hybridized carbons (Fsp3) is 0.400. The fourth-order valence-electron chi connectivity index (χ4n) is 3.73. The average molecular weight is 389 g/mol. The molecule has 7 heteroatoms. The van der Waals surface area contributed by atoms with Gasteiger partial charge in [-0.25, -0.2) is 13.1 Å². The van der Waals surface area contributed by atoms with Crippen molar-refractivity contribution < 1.29 is 22.6 Å². The highest BCUT2D eigenvalue weighted by Gasteiger charge is 2.27. The molecule has 2 heterocycles. The summed E-state index contributed by atoms with van der Waals surface area (Å²) >= 11 is 0. The Morgan fingerprint density at radius 3 is 2.78 bits per heavy atom. The number of benzene rings is 2. The molecule has 0 atom stereocenters. The van der Waals surface area contributed by atoms with E-state index in [0.717, 1.165) is 46.6 Å². The van der Waals surface area contributed by atoms with Gasteiger partial charge in [0.2, 0.25) is 10.0 Å². The van der Waals surface area contributed by atoms with Gasteiger partial charge in [0, 0.05) is 36.1 Å². The Hall–Kier alpha value is -2.25. The van der Waals surface area contributed by atoms with Crippen LogP contribution in [0.15, 0.2) is 29.2 Å². The second-order valence-electron chi connectivity index (χ2n) is 6.82. The van der Waals surface area contributed by atoms with Gasteiger partial charge in [-0.3, -0.25) is 0 Å². The first-order valence-corrected chi connectivity index (χ1v) is 10.6. The van der Waals surface area contributed by atoms with Gasteiger partial charge < -0.3 is 14.2 Å². The molecule has 27 heavy (non-hydrogen) atoms. The molecule has 0 radical (unpaired) electrons. The zero-order valence-corrected chi connectivity index (χ0v) is 16.3. The van der Waals surface area contributed by atoms with Gasteiger partial charge in [-0.2, -0.15) is 0 Å². The summed E-state index contributed by atoms with van der Waals surface area (Å²) in [6.07, 6.45) is 2.26. The van der Waals surface area contributed by atoms with Crippen LogP contribution in [0.3, 0.4) is 0 Å². The summed E-state index contributed by atoms with van der Waals surface area (Å²) in [6, 6.07) is 7.18. The lowest BCUT2D eigenvalue weighted by Crippen LogP contribution is -2.26. The minimum absolute atomic E-state index is 0.160. The van der Waals surface area contributed by atoms with E-state index in [1.54, 1.807) is 12.1 Å². The Balaban J connectivity index is 1.55. The summed E-state index contributed by atoms with van der Waals surface area (Å²) in [6.45, 7) is 3.47. The van der Waals surface area contributed by atoms with Crippen LogP contribution in [0.25, 0.3) is 0 Å². The van der Waals surface area contributed by atoms with E-state index in [0.29, 0.717) is 25.4 Å². The van der Waals surface area contributed by atoms with Crippen LogP contribution in [0.4, 0.5) is 0 Å². The number of fused-ring (bicyclic) bond motifs is 2. The fourth-order valence-corrected chi connectivity index (χ4v) is 5.02. The summed E-state index contributed by atoms with van der Waals surface area (Å²) in [5.41, 5.74) is 4.22. The highest BCUT2D eigenvalue weighted by atomic mass is 32.2. The van der Waals surface area contributed by atoms with Gasteiger partial charge in [-0.15, -0.1) is 0 Å². The molecule has 0 saturated heterocycles. The molecule has 0 aliphatic carbocycles. The first-order valence-electron chi connectivity index (χ1n) is 9.07. The minimum Gasteiger partial charge on any atom is -0.495 e. The number of methoxy groups -OCH3 is 1. The summed E-state index contributed by atoms with van der Waals surface area (Å²) in [5, 5.41) is 0. The van der Waals surface area contributed by atoms with E-state index in [1.165, 1.54) is 7.11 Å². The van der Waals surface area contributed by atoms with E-state index in [1.807, 2.05) is 13.0 Å². The molecule has 0 saturated carbocycles. The van der Waals surface area contributed by atoms with Crippen LogP contribution in [0.1, 0.15) is 22.3 Å². The van der Waals surface area contributed by atoms with Gasteiger partial charge in [0.25, 0.3) is 0 Å². The van der Waals surface area contributed by atoms with Crippen LogP contribution in [-0.4, -0.2) is 35.3 Å². The minimum atomic E-state index is -3.67. The lowest BCUT2D eigenvalue weighted by Gasteiger charge is -2.14. The van der Waals surface area contributed by atoms with Gasteiger partial charge in [0.15, 0.2) is 0 Å². The van der Waals surface area contributed by atoms with Crippen LogP contribution >= 0.6 is 0 Å². The second-order valence-corrected chi connectivity index (χ2v) is 8.55. The van der Waals surface area contributed by atoms with Crippen molar-refractivity contribution in [3.63, 3.8) is 0 Å². The van der Waals surface area contributed by atoms with Crippen molar-refractivity contribution in [1.82, 2.24) is 4.72 Å². The van der Waals surface area contributed by atoms with Crippen LogP contribution in [0, 0.1) is 6.92 Å². The van der Waals surface area contributed by atoms with Crippen molar-refractivity contribution in [2.24, 2.45) is 0 Å². The molecule has 6 nitrogen and oxygen atoms in total. The Bertz CT molecular complexity index is 952. The molecular weight excluding hydrogens is 366 g/mol. The standard InChI is InChI=1S/C20H23NO5S/c1-13-3-4-17(24-2)19(11-13)27(22,23)21-8-5-16-15-7-10-25-18(15)12-14-6-9-26-20(14)16/h3-4,11-12,21H,5-10H2,1-2H3. The predicted molar refractivity (Wildman–Crippen MR) is 101 cm³/mol. The first kappa shape index (κ1) is 18.1. The maximum absolute atomic E-state index is 12.8. The van der Waals surface area contributed by atoms with Crippen molar-refractivity contribution in [1.29, 1.82) is 0 Å². The van der Waals surface area contributed by atoms with Crippen molar-refractivity contribution in [2.75, 3.05) is 26.9 Å². The summed E-state index contributed by atoms with van der Waals surface area (Å²) < 4.78 is 45.0. The maximum atomic E-state index is 12.8. The lowest BCUT2D eigenvalue weighted by molar-refractivity contribution is 0.353. The summed E-state index contributed by atoms with van der Waals surface area (Å²) in [5.74, 6) is 2.16. The highest BCUT2D eigenvalue weighted by molar-refractivity contribution is 7.89. The van der Waals surface area contributed by atoms with Crippen molar-refractivity contribution in [3.8, 4) is 17.2 Å². The zero-order valence-electron chi connectivity index (χ0n) is 15.5. The van der Waals surface area contributed by atoms with E-state index in [9.17, 15) is 8.42 Å². The van der Waals surface area contributed by atoms with Gasteiger partial charge in [-0.1, -0.05) is 6.07 Å². The van der Waals surface area contributed by atoms with Gasteiger partial charge in [0.05, 0.1) is 20.3 Å². The Morgan fingerprint density at radius 2 is 1.96 bits per heavy atom. The van der Waals surface area contributed by atoms with Crippen molar-refractivity contribution >= 4 is 10.0 Å². The number of ether oxygens (including phenoxy) is 3. The first-order chi connectivity index (χ1) is 13.0. The lowest BCUT2D eigenvalue weighted by atomic mass is 9.97. The topological polar surface area (TPSA) is 73.9 Å². The Morgan fingerprint density at radius 1 is 1.15 bits per heavy atom. The highest BCUT2D eigenvalue weighted by Crippen LogP contribution is 2.40. The molecule has 2 aromatic carbocycles. The smallest absolute Gasteiger partial charge is 0.244 e. The maximum Gasteiger partial charge on any atom is 0.244 e. The molecule has 0 amide bonds. The molecule has 2 aliphatic rings. The molecule has 0 unspecified atom stereocenters. The van der Waals surface area contributed by atoms with E-state index in [2.05, 4.69) is 10.8 Å². The van der Waals surface area contributed by atoms with Gasteiger partial charge in [-0.05, 0) is 37.1 Å². The quantitative estimate of drug-likeness (QED) is 0.821. The molecule has 2 aliphatic heterocycles. The molecule has 0 bridgehead atoms. The number of rotatable bonds is 6. The third-order valence-corrected chi connectivity index (χ3v) is 6.52.